The molecule has 1 aromatic heterocycles. The summed E-state index contributed by atoms with van der Waals surface area (Å²) in [5.41, 5.74) is 0.215. The molecule has 6 heteroatoms. The molecule has 15 heavy (non-hydrogen) atoms. The number of hydrogen-bond donors (Lipinski definition) is 0. The van der Waals surface area contributed by atoms with Gasteiger partial charge in [-0.15, -0.1) is 0 Å². The van der Waals surface area contributed by atoms with E-state index in [-0.39, 0.29) is 11.6 Å². The molecule has 0 bridgehead atoms. The van der Waals surface area contributed by atoms with Gasteiger partial charge in [0.2, 0.25) is 0 Å². The molecule has 1 aliphatic carbocycles. The standard InChI is InChI=1S/C9H10F2N2O2/c10-9(11)7-3-6(5-1-2-5)12-13(7)4-8(14)15/h3,5,9H,1-2,4H2,(H,14,15)/p-1. The molecule has 1 saturated carbocycles. The fourth-order valence-electron chi connectivity index (χ4n) is 1.46. The Balaban J connectivity index is 2.27. The van der Waals surface area contributed by atoms with Gasteiger partial charge in [0.25, 0.3) is 6.43 Å². The fraction of sp³-hybridized carbons (Fsp3) is 0.556. The van der Waals surface area contributed by atoms with Crippen molar-refractivity contribution in [1.82, 2.24) is 9.78 Å². The molecule has 0 saturated heterocycles. The van der Waals surface area contributed by atoms with Crippen LogP contribution >= 0.6 is 0 Å². The smallest absolute Gasteiger partial charge is 0.280 e. The lowest BCUT2D eigenvalue weighted by Crippen LogP contribution is -2.28. The van der Waals surface area contributed by atoms with Crippen molar-refractivity contribution in [3.63, 3.8) is 0 Å². The largest absolute Gasteiger partial charge is 0.548 e. The molecule has 0 atom stereocenters. The van der Waals surface area contributed by atoms with Crippen molar-refractivity contribution in [2.45, 2.75) is 31.7 Å². The Bertz CT molecular complexity index is 385. The van der Waals surface area contributed by atoms with E-state index >= 15 is 0 Å². The van der Waals surface area contributed by atoms with E-state index in [0.29, 0.717) is 5.69 Å². The van der Waals surface area contributed by atoms with Gasteiger partial charge in [-0.3, -0.25) is 4.68 Å². The fourth-order valence-corrected chi connectivity index (χ4v) is 1.46. The Hall–Kier alpha value is -1.46. The first-order chi connectivity index (χ1) is 7.08. The lowest BCUT2D eigenvalue weighted by molar-refractivity contribution is -0.306. The Kier molecular flexibility index (Phi) is 2.42. The molecular weight excluding hydrogens is 206 g/mol. The number of carboxylic acids is 1. The molecule has 0 aliphatic heterocycles. The van der Waals surface area contributed by atoms with E-state index in [0.717, 1.165) is 17.5 Å². The zero-order valence-corrected chi connectivity index (χ0v) is 7.82. The second-order valence-corrected chi connectivity index (χ2v) is 3.60. The Morgan fingerprint density at radius 3 is 2.80 bits per heavy atom. The minimum Gasteiger partial charge on any atom is -0.548 e. The summed E-state index contributed by atoms with van der Waals surface area (Å²) >= 11 is 0. The van der Waals surface area contributed by atoms with Gasteiger partial charge in [0.05, 0.1) is 18.2 Å². The van der Waals surface area contributed by atoms with Gasteiger partial charge in [-0.2, -0.15) is 5.10 Å². The minimum atomic E-state index is -2.70. The van der Waals surface area contributed by atoms with Crippen LogP contribution in [0.2, 0.25) is 0 Å². The van der Waals surface area contributed by atoms with Crippen molar-refractivity contribution >= 4 is 5.97 Å². The van der Waals surface area contributed by atoms with Crippen molar-refractivity contribution < 1.29 is 18.7 Å². The quantitative estimate of drug-likeness (QED) is 0.732. The number of halogens is 2. The first kappa shape index (κ1) is 10.1. The van der Waals surface area contributed by atoms with E-state index in [1.165, 1.54) is 6.07 Å². The summed E-state index contributed by atoms with van der Waals surface area (Å²) in [4.78, 5) is 10.3. The van der Waals surface area contributed by atoms with Crippen LogP contribution in [-0.2, 0) is 11.3 Å². The zero-order valence-electron chi connectivity index (χ0n) is 7.82. The van der Waals surface area contributed by atoms with Gasteiger partial charge in [0.1, 0.15) is 5.69 Å². The molecule has 1 aliphatic rings. The molecular formula is C9H9F2N2O2-. The van der Waals surface area contributed by atoms with E-state index in [1.54, 1.807) is 0 Å². The maximum atomic E-state index is 12.5. The Labute approximate surface area is 84.5 Å². The second kappa shape index (κ2) is 3.60. The second-order valence-electron chi connectivity index (χ2n) is 3.60. The van der Waals surface area contributed by atoms with Gasteiger partial charge >= 0.3 is 0 Å². The number of carboxylic acid groups (broad SMARTS) is 1. The van der Waals surface area contributed by atoms with Crippen LogP contribution in [0, 0.1) is 0 Å². The molecule has 2 rings (SSSR count). The topological polar surface area (TPSA) is 57.9 Å². The number of carbonyl (C=O) groups is 1. The van der Waals surface area contributed by atoms with Crippen LogP contribution in [0.3, 0.4) is 0 Å². The summed E-state index contributed by atoms with van der Waals surface area (Å²) in [5, 5.41) is 14.2. The van der Waals surface area contributed by atoms with E-state index in [4.69, 9.17) is 0 Å². The first-order valence-electron chi connectivity index (χ1n) is 4.63. The van der Waals surface area contributed by atoms with Gasteiger partial charge < -0.3 is 9.90 Å². The van der Waals surface area contributed by atoms with Crippen LogP contribution in [0.5, 0.6) is 0 Å². The average molecular weight is 215 g/mol. The number of aliphatic carboxylic acids is 1. The predicted molar refractivity (Wildman–Crippen MR) is 44.2 cm³/mol. The van der Waals surface area contributed by atoms with E-state index in [1.807, 2.05) is 0 Å². The molecule has 0 amide bonds. The third kappa shape index (κ3) is 2.14. The molecule has 0 spiro atoms. The highest BCUT2D eigenvalue weighted by Gasteiger charge is 2.28. The van der Waals surface area contributed by atoms with Crippen LogP contribution in [-0.4, -0.2) is 15.7 Å². The molecule has 0 aromatic carbocycles. The maximum Gasteiger partial charge on any atom is 0.280 e. The lowest BCUT2D eigenvalue weighted by Gasteiger charge is -2.06. The number of aromatic nitrogens is 2. The molecule has 82 valence electrons. The van der Waals surface area contributed by atoms with Crippen molar-refractivity contribution in [3.8, 4) is 0 Å². The molecule has 1 aromatic rings. The van der Waals surface area contributed by atoms with Crippen molar-refractivity contribution in [2.24, 2.45) is 0 Å². The summed E-state index contributed by atoms with van der Waals surface area (Å²) in [6, 6.07) is 1.28. The summed E-state index contributed by atoms with van der Waals surface area (Å²) in [7, 11) is 0. The monoisotopic (exact) mass is 215 g/mol. The van der Waals surface area contributed by atoms with Crippen LogP contribution < -0.4 is 5.11 Å². The molecule has 0 radical (unpaired) electrons. The first-order valence-corrected chi connectivity index (χ1v) is 4.63. The summed E-state index contributed by atoms with van der Waals surface area (Å²) < 4.78 is 25.8. The lowest BCUT2D eigenvalue weighted by atomic mass is 10.3. The number of hydrogen-bond acceptors (Lipinski definition) is 3. The van der Waals surface area contributed by atoms with Gasteiger partial charge in [0.15, 0.2) is 0 Å². The Morgan fingerprint density at radius 1 is 1.67 bits per heavy atom. The van der Waals surface area contributed by atoms with E-state index < -0.39 is 18.9 Å². The van der Waals surface area contributed by atoms with Crippen molar-refractivity contribution in [2.75, 3.05) is 0 Å². The number of nitrogens with zero attached hydrogens (tertiary/aromatic N) is 2. The SMILES string of the molecule is O=C([O-])Cn1nc(C2CC2)cc1C(F)F. The van der Waals surface area contributed by atoms with E-state index in [9.17, 15) is 18.7 Å². The van der Waals surface area contributed by atoms with Crippen molar-refractivity contribution in [1.29, 1.82) is 0 Å². The molecule has 1 heterocycles. The number of carbonyl (C=O) groups excluding carboxylic acids is 1. The third-order valence-corrected chi connectivity index (χ3v) is 2.33. The third-order valence-electron chi connectivity index (χ3n) is 2.33. The van der Waals surface area contributed by atoms with Crippen LogP contribution in [0.15, 0.2) is 6.07 Å². The molecule has 0 unspecified atom stereocenters. The number of rotatable bonds is 4. The van der Waals surface area contributed by atoms with Crippen LogP contribution in [0.4, 0.5) is 8.78 Å². The molecule has 4 nitrogen and oxygen atoms in total. The zero-order chi connectivity index (χ0) is 11.0. The summed E-state index contributed by atoms with van der Waals surface area (Å²) in [6.45, 7) is -0.619. The highest BCUT2D eigenvalue weighted by Crippen LogP contribution is 2.40. The highest BCUT2D eigenvalue weighted by atomic mass is 19.3. The summed E-state index contributed by atoms with van der Waals surface area (Å²) in [6.07, 6.45) is -0.833. The molecule has 1 fully saturated rings. The Morgan fingerprint density at radius 2 is 2.33 bits per heavy atom. The predicted octanol–water partition coefficient (Wildman–Crippen LogP) is 0.448. The van der Waals surface area contributed by atoms with Crippen molar-refractivity contribution in [3.05, 3.63) is 17.5 Å². The normalized spacial score (nSPS) is 15.9. The summed E-state index contributed by atoms with van der Waals surface area (Å²) in [5.74, 6) is -1.19. The van der Waals surface area contributed by atoms with Gasteiger partial charge in [0, 0.05) is 5.92 Å². The maximum absolute atomic E-state index is 12.5. The van der Waals surface area contributed by atoms with Crippen LogP contribution in [0.25, 0.3) is 0 Å². The minimum absolute atomic E-state index is 0.227. The van der Waals surface area contributed by atoms with Crippen LogP contribution in [0.1, 0.15) is 36.6 Å². The average Bonchev–Trinajstić information content (AvgIpc) is 2.88. The van der Waals surface area contributed by atoms with Gasteiger partial charge in [-0.25, -0.2) is 8.78 Å². The van der Waals surface area contributed by atoms with Gasteiger partial charge in [-0.1, -0.05) is 0 Å². The van der Waals surface area contributed by atoms with E-state index in [2.05, 4.69) is 5.10 Å². The number of alkyl halides is 2. The van der Waals surface area contributed by atoms with Gasteiger partial charge in [-0.05, 0) is 18.9 Å². The highest BCUT2D eigenvalue weighted by molar-refractivity contribution is 5.64. The molecule has 0 N–H and O–H groups in total.